The van der Waals surface area contributed by atoms with Gasteiger partial charge in [-0.05, 0) is 37.2 Å². The Labute approximate surface area is 154 Å². The van der Waals surface area contributed by atoms with Crippen molar-refractivity contribution >= 4 is 25.8 Å². The first-order chi connectivity index (χ1) is 11.8. The number of carbonyl (C=O) groups excluding carboxylic acids is 1. The van der Waals surface area contributed by atoms with Crippen molar-refractivity contribution in [1.82, 2.24) is 9.55 Å². The molecule has 0 saturated carbocycles. The van der Waals surface area contributed by atoms with Gasteiger partial charge >= 0.3 is 5.97 Å². The molecule has 2 aromatic rings. The smallest absolute Gasteiger partial charge is 0.337 e. The minimum Gasteiger partial charge on any atom is -0.465 e. The third kappa shape index (κ3) is 6.34. The summed E-state index contributed by atoms with van der Waals surface area (Å²) < 4.78 is 12.5. The van der Waals surface area contributed by atoms with E-state index in [2.05, 4.69) is 24.6 Å². The normalized spacial score (nSPS) is 11.6. The molecule has 0 aliphatic heterocycles. The van der Waals surface area contributed by atoms with Crippen molar-refractivity contribution < 1.29 is 14.3 Å². The molecule has 0 fully saturated rings. The van der Waals surface area contributed by atoms with Gasteiger partial charge in [0, 0.05) is 25.8 Å². The summed E-state index contributed by atoms with van der Waals surface area (Å²) in [7, 11) is 0.324. The minimum atomic E-state index is -1.06. The Morgan fingerprint density at radius 2 is 1.92 bits per heavy atom. The van der Waals surface area contributed by atoms with Gasteiger partial charge in [0.15, 0.2) is 0 Å². The first-order valence-electron chi connectivity index (χ1n) is 8.26. The summed E-state index contributed by atoms with van der Waals surface area (Å²) in [5, 5.41) is 0.914. The van der Waals surface area contributed by atoms with E-state index in [1.165, 1.54) is 7.11 Å². The van der Waals surface area contributed by atoms with Crippen LogP contribution < -0.4 is 0 Å². The van der Waals surface area contributed by atoms with E-state index in [0.29, 0.717) is 12.3 Å². The Morgan fingerprint density at radius 1 is 1.24 bits per heavy atom. The maximum atomic E-state index is 11.5. The Hall–Kier alpha value is -1.57. The number of hydrogen-bond acceptors (Lipinski definition) is 5. The van der Waals surface area contributed by atoms with Crippen LogP contribution in [0.2, 0.25) is 25.7 Å². The average Bonchev–Trinajstić information content (AvgIpc) is 2.90. The van der Waals surface area contributed by atoms with Crippen LogP contribution in [0.3, 0.4) is 0 Å². The van der Waals surface area contributed by atoms with Gasteiger partial charge in [-0.1, -0.05) is 31.4 Å². The molecule has 0 saturated heterocycles. The maximum absolute atomic E-state index is 11.5. The van der Waals surface area contributed by atoms with Gasteiger partial charge in [0.1, 0.15) is 17.6 Å². The van der Waals surface area contributed by atoms with Gasteiger partial charge in [0.25, 0.3) is 0 Å². The Kier molecular flexibility index (Phi) is 6.86. The van der Waals surface area contributed by atoms with Crippen LogP contribution >= 0.6 is 11.8 Å². The van der Waals surface area contributed by atoms with E-state index in [9.17, 15) is 4.79 Å². The van der Waals surface area contributed by atoms with Crippen molar-refractivity contribution in [2.45, 2.75) is 49.3 Å². The lowest BCUT2D eigenvalue weighted by molar-refractivity contribution is 0.0600. The number of aryl methyl sites for hydroxylation is 1. The Bertz CT molecular complexity index is 708. The van der Waals surface area contributed by atoms with Gasteiger partial charge in [-0.25, -0.2) is 9.78 Å². The van der Waals surface area contributed by atoms with Crippen molar-refractivity contribution in [1.29, 1.82) is 0 Å². The van der Waals surface area contributed by atoms with E-state index in [1.807, 2.05) is 29.8 Å². The van der Waals surface area contributed by atoms with Crippen molar-refractivity contribution in [3.63, 3.8) is 0 Å². The van der Waals surface area contributed by atoms with E-state index in [-0.39, 0.29) is 5.97 Å². The van der Waals surface area contributed by atoms with Gasteiger partial charge in [-0.15, -0.1) is 0 Å². The molecular weight excluding hydrogens is 352 g/mol. The van der Waals surface area contributed by atoms with E-state index < -0.39 is 8.07 Å². The second kappa shape index (κ2) is 8.69. The highest BCUT2D eigenvalue weighted by atomic mass is 32.2. The zero-order valence-corrected chi connectivity index (χ0v) is 17.4. The molecule has 0 radical (unpaired) electrons. The van der Waals surface area contributed by atoms with Crippen molar-refractivity contribution in [2.75, 3.05) is 13.7 Å². The highest BCUT2D eigenvalue weighted by Crippen LogP contribution is 2.27. The van der Waals surface area contributed by atoms with Crippen molar-refractivity contribution in [3.8, 4) is 0 Å². The SMILES string of the molecule is COC(=O)c1ccc(Sc2cn(COCC[Si](C)(C)C)c(C)n2)cc1. The first kappa shape index (κ1) is 19.7. The van der Waals surface area contributed by atoms with Gasteiger partial charge in [0.2, 0.25) is 0 Å². The molecule has 2 rings (SSSR count). The van der Waals surface area contributed by atoms with Gasteiger partial charge in [-0.2, -0.15) is 0 Å². The molecule has 0 N–H and O–H groups in total. The number of benzene rings is 1. The van der Waals surface area contributed by atoms with Gasteiger partial charge in [0.05, 0.1) is 12.7 Å². The average molecular weight is 379 g/mol. The van der Waals surface area contributed by atoms with Crippen molar-refractivity contribution in [2.24, 2.45) is 0 Å². The highest BCUT2D eigenvalue weighted by molar-refractivity contribution is 7.99. The predicted octanol–water partition coefficient (Wildman–Crippen LogP) is 4.44. The fourth-order valence-electron chi connectivity index (χ4n) is 2.10. The summed E-state index contributed by atoms with van der Waals surface area (Å²) in [5.74, 6) is 0.605. The number of hydrogen-bond donors (Lipinski definition) is 0. The van der Waals surface area contributed by atoms with Gasteiger partial charge in [-0.3, -0.25) is 0 Å². The molecule has 5 nitrogen and oxygen atoms in total. The number of carbonyl (C=O) groups is 1. The molecule has 25 heavy (non-hydrogen) atoms. The van der Waals surface area contributed by atoms with Crippen LogP contribution in [0.15, 0.2) is 40.4 Å². The molecule has 1 aromatic heterocycles. The number of aromatic nitrogens is 2. The van der Waals surface area contributed by atoms with Crippen LogP contribution in [0, 0.1) is 6.92 Å². The summed E-state index contributed by atoms with van der Waals surface area (Å²) in [5.41, 5.74) is 0.546. The van der Waals surface area contributed by atoms with E-state index in [1.54, 1.807) is 23.9 Å². The largest absolute Gasteiger partial charge is 0.465 e. The third-order valence-corrected chi connectivity index (χ3v) is 6.30. The first-order valence-corrected chi connectivity index (χ1v) is 12.8. The van der Waals surface area contributed by atoms with E-state index >= 15 is 0 Å². The molecule has 0 unspecified atom stereocenters. The molecule has 136 valence electrons. The fourth-order valence-corrected chi connectivity index (χ4v) is 3.73. The lowest BCUT2D eigenvalue weighted by Crippen LogP contribution is -2.22. The zero-order chi connectivity index (χ0) is 18.4. The highest BCUT2D eigenvalue weighted by Gasteiger charge is 2.12. The van der Waals surface area contributed by atoms with Crippen LogP contribution in [0.5, 0.6) is 0 Å². The minimum absolute atomic E-state index is 0.327. The molecule has 1 aromatic carbocycles. The summed E-state index contributed by atoms with van der Waals surface area (Å²) in [6.07, 6.45) is 2.00. The molecule has 0 aliphatic carbocycles. The lowest BCUT2D eigenvalue weighted by Gasteiger charge is -2.15. The van der Waals surface area contributed by atoms with Crippen LogP contribution in [0.4, 0.5) is 0 Å². The molecule has 0 bridgehead atoms. The molecule has 0 aliphatic rings. The predicted molar refractivity (Wildman–Crippen MR) is 103 cm³/mol. The van der Waals surface area contributed by atoms with Crippen LogP contribution in [-0.2, 0) is 16.2 Å². The number of esters is 1. The molecule has 1 heterocycles. The zero-order valence-electron chi connectivity index (χ0n) is 15.5. The molecular formula is C18H26N2O3SSi. The van der Waals surface area contributed by atoms with E-state index in [0.717, 1.165) is 28.4 Å². The number of ether oxygens (including phenoxy) is 2. The second-order valence-electron chi connectivity index (χ2n) is 7.06. The fraction of sp³-hybridized carbons (Fsp3) is 0.444. The summed E-state index contributed by atoms with van der Waals surface area (Å²) >= 11 is 1.56. The monoisotopic (exact) mass is 378 g/mol. The van der Waals surface area contributed by atoms with Crippen molar-refractivity contribution in [3.05, 3.63) is 41.9 Å². The second-order valence-corrected chi connectivity index (χ2v) is 13.8. The van der Waals surface area contributed by atoms with Crippen LogP contribution in [0.1, 0.15) is 16.2 Å². The Balaban J connectivity index is 1.92. The number of rotatable bonds is 8. The topological polar surface area (TPSA) is 53.4 Å². The van der Waals surface area contributed by atoms with Crippen LogP contribution in [-0.4, -0.2) is 37.3 Å². The summed E-state index contributed by atoms with van der Waals surface area (Å²) in [4.78, 5) is 17.1. The van der Waals surface area contributed by atoms with E-state index in [4.69, 9.17) is 9.47 Å². The molecule has 7 heteroatoms. The lowest BCUT2D eigenvalue weighted by atomic mass is 10.2. The van der Waals surface area contributed by atoms with Gasteiger partial charge < -0.3 is 14.0 Å². The van der Waals surface area contributed by atoms with Crippen LogP contribution in [0.25, 0.3) is 0 Å². The standard InChI is InChI=1S/C18H26N2O3SSi/c1-14-19-17(12-20(14)13-23-10-11-25(3,4)5)24-16-8-6-15(7-9-16)18(21)22-2/h6-9,12H,10-11,13H2,1-5H3. The number of methoxy groups -OCH3 is 1. The molecule has 0 atom stereocenters. The maximum Gasteiger partial charge on any atom is 0.337 e. The Morgan fingerprint density at radius 3 is 2.52 bits per heavy atom. The summed E-state index contributed by atoms with van der Waals surface area (Å²) in [6.45, 7) is 10.3. The quantitative estimate of drug-likeness (QED) is 0.386. The molecule has 0 spiro atoms. The summed E-state index contributed by atoms with van der Waals surface area (Å²) in [6, 6.07) is 8.48. The third-order valence-electron chi connectivity index (χ3n) is 3.68. The number of nitrogens with zero attached hydrogens (tertiary/aromatic N) is 2. The molecule has 0 amide bonds. The number of imidazole rings is 1.